The van der Waals surface area contributed by atoms with Crippen molar-refractivity contribution in [3.63, 3.8) is 0 Å². The molecular weight excluding hydrogens is 316 g/mol. The van der Waals surface area contributed by atoms with Crippen LogP contribution in [0.3, 0.4) is 0 Å². The van der Waals surface area contributed by atoms with Gasteiger partial charge in [-0.2, -0.15) is 0 Å². The van der Waals surface area contributed by atoms with Crippen LogP contribution < -0.4 is 10.1 Å². The number of hydrogen-bond donors (Lipinski definition) is 1. The highest BCUT2D eigenvalue weighted by atomic mass is 16.5. The molecule has 1 heterocycles. The fourth-order valence-corrected chi connectivity index (χ4v) is 3.03. The molecule has 0 bridgehead atoms. The Hall–Kier alpha value is -2.04. The smallest absolute Gasteiger partial charge is 0.254 e. The van der Waals surface area contributed by atoms with Gasteiger partial charge in [-0.25, -0.2) is 0 Å². The van der Waals surface area contributed by atoms with Crippen LogP contribution in [0.5, 0.6) is 5.75 Å². The highest BCUT2D eigenvalue weighted by Gasteiger charge is 2.29. The van der Waals surface area contributed by atoms with E-state index in [2.05, 4.69) is 19.2 Å². The maximum absolute atomic E-state index is 12.7. The topological polar surface area (TPSA) is 58.6 Å². The average Bonchev–Trinajstić information content (AvgIpc) is 2.60. The molecule has 1 atom stereocenters. The first-order chi connectivity index (χ1) is 11.8. The van der Waals surface area contributed by atoms with Crippen molar-refractivity contribution >= 4 is 11.8 Å². The molecule has 1 aliphatic rings. The molecule has 1 fully saturated rings. The number of hydrogen-bond acceptors (Lipinski definition) is 3. The monoisotopic (exact) mass is 346 g/mol. The number of nitrogens with zero attached hydrogens (tertiary/aromatic N) is 1. The SMILES string of the molecule is COc1ccc(C(=O)N2CCC(C(=O)NC(C)C(C)C)CC2)c(C)c1. The lowest BCUT2D eigenvalue weighted by molar-refractivity contribution is -0.127. The van der Waals surface area contributed by atoms with Gasteiger partial charge in [-0.05, 0) is 56.4 Å². The molecule has 2 amide bonds. The van der Waals surface area contributed by atoms with E-state index in [1.165, 1.54) is 0 Å². The van der Waals surface area contributed by atoms with Gasteiger partial charge in [0.1, 0.15) is 5.75 Å². The predicted octanol–water partition coefficient (Wildman–Crippen LogP) is 3.02. The van der Waals surface area contributed by atoms with Gasteiger partial charge in [-0.15, -0.1) is 0 Å². The zero-order valence-electron chi connectivity index (χ0n) is 16.0. The summed E-state index contributed by atoms with van der Waals surface area (Å²) in [5.74, 6) is 1.33. The van der Waals surface area contributed by atoms with Crippen LogP contribution >= 0.6 is 0 Å². The molecule has 0 aromatic heterocycles. The lowest BCUT2D eigenvalue weighted by Gasteiger charge is -2.32. The number of nitrogens with one attached hydrogen (secondary N) is 1. The van der Waals surface area contributed by atoms with Crippen molar-refractivity contribution in [2.45, 2.75) is 46.6 Å². The lowest BCUT2D eigenvalue weighted by atomic mass is 9.94. The van der Waals surface area contributed by atoms with E-state index < -0.39 is 0 Å². The Morgan fingerprint density at radius 1 is 1.20 bits per heavy atom. The Labute approximate surface area is 150 Å². The maximum atomic E-state index is 12.7. The van der Waals surface area contributed by atoms with E-state index in [1.54, 1.807) is 7.11 Å². The molecule has 0 radical (unpaired) electrons. The van der Waals surface area contributed by atoms with E-state index in [9.17, 15) is 9.59 Å². The third-order valence-electron chi connectivity index (χ3n) is 5.19. The summed E-state index contributed by atoms with van der Waals surface area (Å²) in [6.45, 7) is 9.40. The molecule has 0 aliphatic carbocycles. The Bertz CT molecular complexity index is 619. The predicted molar refractivity (Wildman–Crippen MR) is 98.8 cm³/mol. The maximum Gasteiger partial charge on any atom is 0.254 e. The highest BCUT2D eigenvalue weighted by Crippen LogP contribution is 2.23. The number of carbonyl (C=O) groups is 2. The molecule has 1 unspecified atom stereocenters. The lowest BCUT2D eigenvalue weighted by Crippen LogP contribution is -2.45. The second kappa shape index (κ2) is 8.37. The third-order valence-corrected chi connectivity index (χ3v) is 5.19. The van der Waals surface area contributed by atoms with E-state index in [0.29, 0.717) is 24.6 Å². The molecule has 138 valence electrons. The molecule has 1 N–H and O–H groups in total. The largest absolute Gasteiger partial charge is 0.497 e. The summed E-state index contributed by atoms with van der Waals surface area (Å²) in [7, 11) is 1.62. The van der Waals surface area contributed by atoms with Crippen LogP contribution in [-0.4, -0.2) is 43.0 Å². The Balaban J connectivity index is 1.93. The van der Waals surface area contributed by atoms with Gasteiger partial charge in [0.15, 0.2) is 0 Å². The minimum atomic E-state index is 0.00205. The first-order valence-corrected chi connectivity index (χ1v) is 9.07. The number of methoxy groups -OCH3 is 1. The van der Waals surface area contributed by atoms with Crippen LogP contribution in [0.4, 0.5) is 0 Å². The second-order valence-corrected chi connectivity index (χ2v) is 7.29. The quantitative estimate of drug-likeness (QED) is 0.891. The fourth-order valence-electron chi connectivity index (χ4n) is 3.03. The fraction of sp³-hybridized carbons (Fsp3) is 0.600. The molecule has 1 aromatic carbocycles. The number of likely N-dealkylation sites (tertiary alicyclic amines) is 1. The van der Waals surface area contributed by atoms with Crippen LogP contribution in [0.15, 0.2) is 18.2 Å². The normalized spacial score (nSPS) is 16.6. The summed E-state index contributed by atoms with van der Waals surface area (Å²) >= 11 is 0. The van der Waals surface area contributed by atoms with Gasteiger partial charge in [0.2, 0.25) is 5.91 Å². The molecule has 1 aromatic rings. The summed E-state index contributed by atoms with van der Waals surface area (Å²) in [5, 5.41) is 3.09. The zero-order chi connectivity index (χ0) is 18.6. The number of carbonyl (C=O) groups excluding carboxylic acids is 2. The number of piperidine rings is 1. The van der Waals surface area contributed by atoms with Crippen LogP contribution in [-0.2, 0) is 4.79 Å². The van der Waals surface area contributed by atoms with Crippen molar-refractivity contribution in [2.75, 3.05) is 20.2 Å². The Morgan fingerprint density at radius 3 is 2.36 bits per heavy atom. The molecule has 5 heteroatoms. The van der Waals surface area contributed by atoms with Gasteiger partial charge >= 0.3 is 0 Å². The number of benzene rings is 1. The number of rotatable bonds is 5. The number of amides is 2. The van der Waals surface area contributed by atoms with E-state index >= 15 is 0 Å². The van der Waals surface area contributed by atoms with Gasteiger partial charge in [-0.3, -0.25) is 9.59 Å². The van der Waals surface area contributed by atoms with E-state index in [1.807, 2.05) is 36.9 Å². The first kappa shape index (κ1) is 19.3. The molecule has 0 saturated carbocycles. The van der Waals surface area contributed by atoms with E-state index in [0.717, 1.165) is 24.2 Å². The average molecular weight is 346 g/mol. The van der Waals surface area contributed by atoms with Crippen molar-refractivity contribution in [3.8, 4) is 5.75 Å². The van der Waals surface area contributed by atoms with E-state index in [4.69, 9.17) is 4.74 Å². The Kier molecular flexibility index (Phi) is 6.45. The molecular formula is C20H30N2O3. The molecule has 1 saturated heterocycles. The van der Waals surface area contributed by atoms with Gasteiger partial charge < -0.3 is 15.0 Å². The van der Waals surface area contributed by atoms with Crippen molar-refractivity contribution in [2.24, 2.45) is 11.8 Å². The number of aryl methyl sites for hydroxylation is 1. The summed E-state index contributed by atoms with van der Waals surface area (Å²) in [4.78, 5) is 27.0. The van der Waals surface area contributed by atoms with Gasteiger partial charge in [0.25, 0.3) is 5.91 Å². The van der Waals surface area contributed by atoms with Crippen molar-refractivity contribution < 1.29 is 14.3 Å². The third kappa shape index (κ3) is 4.74. The summed E-state index contributed by atoms with van der Waals surface area (Å²) < 4.78 is 5.19. The highest BCUT2D eigenvalue weighted by molar-refractivity contribution is 5.96. The van der Waals surface area contributed by atoms with Crippen molar-refractivity contribution in [1.29, 1.82) is 0 Å². The van der Waals surface area contributed by atoms with Crippen molar-refractivity contribution in [1.82, 2.24) is 10.2 Å². The standard InChI is InChI=1S/C20H30N2O3/c1-13(2)15(4)21-19(23)16-8-10-22(11-9-16)20(24)18-7-6-17(25-5)12-14(18)3/h6-7,12-13,15-16H,8-11H2,1-5H3,(H,21,23). The molecule has 0 spiro atoms. The van der Waals surface area contributed by atoms with E-state index in [-0.39, 0.29) is 23.8 Å². The second-order valence-electron chi connectivity index (χ2n) is 7.29. The molecule has 5 nitrogen and oxygen atoms in total. The molecule has 1 aliphatic heterocycles. The summed E-state index contributed by atoms with van der Waals surface area (Å²) in [6, 6.07) is 5.68. The molecule has 2 rings (SSSR count). The zero-order valence-corrected chi connectivity index (χ0v) is 16.0. The minimum absolute atomic E-state index is 0.00205. The first-order valence-electron chi connectivity index (χ1n) is 9.07. The Morgan fingerprint density at radius 2 is 1.84 bits per heavy atom. The van der Waals surface area contributed by atoms with Crippen LogP contribution in [0.25, 0.3) is 0 Å². The van der Waals surface area contributed by atoms with Gasteiger partial charge in [-0.1, -0.05) is 13.8 Å². The van der Waals surface area contributed by atoms with Gasteiger partial charge in [0.05, 0.1) is 7.11 Å². The molecule has 25 heavy (non-hydrogen) atoms. The van der Waals surface area contributed by atoms with Gasteiger partial charge in [0, 0.05) is 30.6 Å². The van der Waals surface area contributed by atoms with Crippen LogP contribution in [0.1, 0.15) is 49.5 Å². The number of ether oxygens (including phenoxy) is 1. The van der Waals surface area contributed by atoms with Crippen LogP contribution in [0.2, 0.25) is 0 Å². The minimum Gasteiger partial charge on any atom is -0.497 e. The van der Waals surface area contributed by atoms with Crippen LogP contribution in [0, 0.1) is 18.8 Å². The van der Waals surface area contributed by atoms with Crippen molar-refractivity contribution in [3.05, 3.63) is 29.3 Å². The summed E-state index contributed by atoms with van der Waals surface area (Å²) in [6.07, 6.45) is 1.44. The summed E-state index contributed by atoms with van der Waals surface area (Å²) in [5.41, 5.74) is 1.62.